The number of aliphatic hydroxyl groups is 1. The predicted molar refractivity (Wildman–Crippen MR) is 91.4 cm³/mol. The first-order valence-corrected chi connectivity index (χ1v) is 7.61. The normalized spacial score (nSPS) is 19.8. The van der Waals surface area contributed by atoms with Gasteiger partial charge in [-0.15, -0.1) is 12.4 Å². The summed E-state index contributed by atoms with van der Waals surface area (Å²) in [6.45, 7) is 1.43. The summed E-state index contributed by atoms with van der Waals surface area (Å²) in [4.78, 5) is 23.6. The van der Waals surface area contributed by atoms with E-state index < -0.39 is 12.0 Å². The van der Waals surface area contributed by atoms with Crippen LogP contribution >= 0.6 is 35.6 Å². The van der Waals surface area contributed by atoms with Gasteiger partial charge < -0.3 is 21.1 Å². The van der Waals surface area contributed by atoms with Crippen molar-refractivity contribution < 1.29 is 14.7 Å². The summed E-state index contributed by atoms with van der Waals surface area (Å²) in [5, 5.41) is 18.5. The van der Waals surface area contributed by atoms with Crippen LogP contribution in [-0.2, 0) is 4.79 Å². The summed E-state index contributed by atoms with van der Waals surface area (Å²) < 4.78 is 0. The number of carbonyl (C=O) groups is 2. The Balaban J connectivity index is 0.00000264. The molecule has 1 aliphatic rings. The third-order valence-electron chi connectivity index (χ3n) is 3.46. The van der Waals surface area contributed by atoms with Crippen LogP contribution in [-0.4, -0.2) is 49.2 Å². The van der Waals surface area contributed by atoms with E-state index in [2.05, 4.69) is 16.0 Å². The van der Waals surface area contributed by atoms with E-state index in [4.69, 9.17) is 23.2 Å². The molecule has 9 heteroatoms. The molecule has 1 heterocycles. The van der Waals surface area contributed by atoms with Crippen molar-refractivity contribution in [1.29, 1.82) is 0 Å². The number of nitrogens with one attached hydrogen (secondary N) is 3. The van der Waals surface area contributed by atoms with E-state index in [1.54, 1.807) is 0 Å². The number of benzene rings is 1. The molecule has 0 aromatic heterocycles. The van der Waals surface area contributed by atoms with Gasteiger partial charge in [-0.25, -0.2) is 0 Å². The van der Waals surface area contributed by atoms with Gasteiger partial charge in [0.15, 0.2) is 0 Å². The molecule has 4 N–H and O–H groups in total. The van der Waals surface area contributed by atoms with E-state index in [-0.39, 0.29) is 35.8 Å². The van der Waals surface area contributed by atoms with Gasteiger partial charge in [-0.05, 0) is 18.2 Å². The maximum atomic E-state index is 11.9. The summed E-state index contributed by atoms with van der Waals surface area (Å²) in [5.41, 5.74) is 0.331. The molecule has 2 rings (SSSR count). The lowest BCUT2D eigenvalue weighted by atomic mass is 10.1. The van der Waals surface area contributed by atoms with E-state index in [0.29, 0.717) is 30.2 Å². The number of hydrogen-bond donors (Lipinski definition) is 4. The molecule has 2 atom stereocenters. The fourth-order valence-corrected chi connectivity index (χ4v) is 2.43. The summed E-state index contributed by atoms with van der Waals surface area (Å²) in [6, 6.07) is 4.49. The van der Waals surface area contributed by atoms with Crippen LogP contribution in [0, 0.1) is 5.92 Å². The average Bonchev–Trinajstić information content (AvgIpc) is 2.90. The van der Waals surface area contributed by atoms with E-state index in [1.165, 1.54) is 18.2 Å². The second-order valence-electron chi connectivity index (χ2n) is 5.10. The highest BCUT2D eigenvalue weighted by molar-refractivity contribution is 6.42. The summed E-state index contributed by atoms with van der Waals surface area (Å²) in [6.07, 6.45) is -0.453. The van der Waals surface area contributed by atoms with Gasteiger partial charge >= 0.3 is 0 Å². The lowest BCUT2D eigenvalue weighted by Gasteiger charge is -2.14. The third-order valence-corrected chi connectivity index (χ3v) is 4.20. The van der Waals surface area contributed by atoms with Gasteiger partial charge in [0.1, 0.15) is 0 Å². The van der Waals surface area contributed by atoms with Crippen LogP contribution < -0.4 is 16.0 Å². The van der Waals surface area contributed by atoms with Crippen molar-refractivity contribution >= 4 is 47.4 Å². The molecule has 0 spiro atoms. The van der Waals surface area contributed by atoms with Crippen LogP contribution in [0.2, 0.25) is 10.0 Å². The smallest absolute Gasteiger partial charge is 0.251 e. The fraction of sp³-hybridized carbons (Fsp3) is 0.429. The molecule has 0 aliphatic carbocycles. The molecule has 6 nitrogen and oxygen atoms in total. The van der Waals surface area contributed by atoms with E-state index in [1.807, 2.05) is 0 Å². The topological polar surface area (TPSA) is 90.5 Å². The minimum absolute atomic E-state index is 0. The zero-order valence-electron chi connectivity index (χ0n) is 12.1. The Hall–Kier alpha value is -1.05. The Labute approximate surface area is 150 Å². The number of aliphatic hydroxyl groups excluding tert-OH is 1. The lowest BCUT2D eigenvalue weighted by Crippen LogP contribution is -2.40. The van der Waals surface area contributed by atoms with Gasteiger partial charge in [-0.2, -0.15) is 0 Å². The van der Waals surface area contributed by atoms with Gasteiger partial charge in [0.05, 0.1) is 22.7 Å². The molecule has 2 amide bonds. The minimum Gasteiger partial charge on any atom is -0.391 e. The molecule has 1 aromatic rings. The zero-order valence-corrected chi connectivity index (χ0v) is 14.5. The van der Waals surface area contributed by atoms with Crippen LogP contribution in [0.5, 0.6) is 0 Å². The highest BCUT2D eigenvalue weighted by Crippen LogP contribution is 2.22. The maximum Gasteiger partial charge on any atom is 0.251 e. The Morgan fingerprint density at radius 2 is 1.96 bits per heavy atom. The van der Waals surface area contributed by atoms with Crippen molar-refractivity contribution in [3.05, 3.63) is 33.8 Å². The fourth-order valence-electron chi connectivity index (χ4n) is 2.13. The summed E-state index contributed by atoms with van der Waals surface area (Å²) >= 11 is 11.6. The molecule has 128 valence electrons. The van der Waals surface area contributed by atoms with Crippen LogP contribution in [0.1, 0.15) is 10.4 Å². The Kier molecular flexibility index (Phi) is 8.08. The zero-order chi connectivity index (χ0) is 16.1. The molecule has 0 saturated carbocycles. The first-order valence-electron chi connectivity index (χ1n) is 6.86. The first kappa shape index (κ1) is 20.0. The van der Waals surface area contributed by atoms with Crippen molar-refractivity contribution in [1.82, 2.24) is 16.0 Å². The highest BCUT2D eigenvalue weighted by Gasteiger charge is 2.24. The number of hydrogen-bond acceptors (Lipinski definition) is 4. The Morgan fingerprint density at radius 3 is 2.57 bits per heavy atom. The molecule has 1 saturated heterocycles. The molecule has 1 aliphatic heterocycles. The SMILES string of the molecule is Cl.O=C(CNC(=O)c1ccc(Cl)c(Cl)c1)NCC1CNCC1O. The van der Waals surface area contributed by atoms with Crippen LogP contribution in [0.4, 0.5) is 0 Å². The second kappa shape index (κ2) is 9.30. The van der Waals surface area contributed by atoms with Gasteiger partial charge in [0.2, 0.25) is 5.91 Å². The number of halogens is 3. The quantitative estimate of drug-likeness (QED) is 0.607. The maximum absolute atomic E-state index is 11.9. The summed E-state index contributed by atoms with van der Waals surface area (Å²) in [7, 11) is 0. The molecule has 1 aromatic carbocycles. The Morgan fingerprint density at radius 1 is 1.22 bits per heavy atom. The minimum atomic E-state index is -0.453. The van der Waals surface area contributed by atoms with E-state index in [0.717, 1.165) is 0 Å². The highest BCUT2D eigenvalue weighted by atomic mass is 35.5. The second-order valence-corrected chi connectivity index (χ2v) is 5.92. The van der Waals surface area contributed by atoms with E-state index in [9.17, 15) is 14.7 Å². The van der Waals surface area contributed by atoms with Crippen LogP contribution in [0.25, 0.3) is 0 Å². The number of β-amino-alcohol motifs (C(OH)–C–C–N with tert-alkyl or cyclic N) is 1. The predicted octanol–water partition coefficient (Wildman–Crippen LogP) is 0.841. The monoisotopic (exact) mass is 381 g/mol. The van der Waals surface area contributed by atoms with Crippen molar-refractivity contribution in [2.24, 2.45) is 5.92 Å². The molecular weight excluding hydrogens is 365 g/mol. The first-order chi connectivity index (χ1) is 10.5. The molecule has 0 radical (unpaired) electrons. The van der Waals surface area contributed by atoms with Gasteiger partial charge in [0, 0.05) is 31.1 Å². The molecular formula is C14H18Cl3N3O3. The summed E-state index contributed by atoms with van der Waals surface area (Å²) in [5.74, 6) is -0.724. The molecule has 0 bridgehead atoms. The molecule has 1 fully saturated rings. The Bertz CT molecular complexity index is 571. The lowest BCUT2D eigenvalue weighted by molar-refractivity contribution is -0.120. The van der Waals surface area contributed by atoms with Crippen molar-refractivity contribution in [2.45, 2.75) is 6.10 Å². The van der Waals surface area contributed by atoms with Gasteiger partial charge in [-0.1, -0.05) is 23.2 Å². The van der Waals surface area contributed by atoms with Crippen LogP contribution in [0.3, 0.4) is 0 Å². The van der Waals surface area contributed by atoms with Crippen molar-refractivity contribution in [2.75, 3.05) is 26.2 Å². The van der Waals surface area contributed by atoms with Crippen molar-refractivity contribution in [3.63, 3.8) is 0 Å². The van der Waals surface area contributed by atoms with Crippen molar-refractivity contribution in [3.8, 4) is 0 Å². The third kappa shape index (κ3) is 5.82. The van der Waals surface area contributed by atoms with E-state index >= 15 is 0 Å². The van der Waals surface area contributed by atoms with Crippen LogP contribution in [0.15, 0.2) is 18.2 Å². The standard InChI is InChI=1S/C14H17Cl2N3O3.ClH/c15-10-2-1-8(3-11(10)16)14(22)19-7-13(21)18-5-9-4-17-6-12(9)20;/h1-3,9,12,17,20H,4-7H2,(H,18,21)(H,19,22);1H. The van der Waals surface area contributed by atoms with Gasteiger partial charge in [0.25, 0.3) is 5.91 Å². The number of carbonyl (C=O) groups excluding carboxylic acids is 2. The van der Waals surface area contributed by atoms with Gasteiger partial charge in [-0.3, -0.25) is 9.59 Å². The molecule has 23 heavy (non-hydrogen) atoms. The number of amides is 2. The average molecular weight is 383 g/mol. The number of rotatable bonds is 5. The largest absolute Gasteiger partial charge is 0.391 e. The molecule has 2 unspecified atom stereocenters.